The summed E-state index contributed by atoms with van der Waals surface area (Å²) in [7, 11) is 0. The maximum atomic E-state index is 13.3. The zero-order chi connectivity index (χ0) is 18.9. The molecule has 1 atom stereocenters. The molecule has 26 heavy (non-hydrogen) atoms. The molecule has 140 valence electrons. The molecule has 2 aromatic rings. The van der Waals surface area contributed by atoms with Crippen molar-refractivity contribution in [3.63, 3.8) is 0 Å². The second-order valence-electron chi connectivity index (χ2n) is 6.51. The molecule has 0 bridgehead atoms. The Labute approximate surface area is 155 Å². The van der Waals surface area contributed by atoms with Crippen molar-refractivity contribution in [3.05, 3.63) is 40.5 Å². The Kier molecular flexibility index (Phi) is 5.27. The van der Waals surface area contributed by atoms with Crippen LogP contribution < -0.4 is 10.6 Å². The fraction of sp³-hybridized carbons (Fsp3) is 0.444. The van der Waals surface area contributed by atoms with Crippen LogP contribution in [0.3, 0.4) is 0 Å². The van der Waals surface area contributed by atoms with Crippen LogP contribution in [0.15, 0.2) is 24.3 Å². The van der Waals surface area contributed by atoms with Crippen molar-refractivity contribution in [2.75, 3.05) is 10.6 Å². The molecule has 0 radical (unpaired) electrons. The molecule has 1 fully saturated rings. The van der Waals surface area contributed by atoms with E-state index in [2.05, 4.69) is 20.6 Å². The second kappa shape index (κ2) is 7.31. The van der Waals surface area contributed by atoms with E-state index in [0.29, 0.717) is 17.7 Å². The van der Waals surface area contributed by atoms with Gasteiger partial charge in [0.2, 0.25) is 5.95 Å². The molecule has 0 aliphatic heterocycles. The lowest BCUT2D eigenvalue weighted by Crippen LogP contribution is -2.17. The molecule has 0 saturated heterocycles. The molecule has 0 spiro atoms. The summed E-state index contributed by atoms with van der Waals surface area (Å²) >= 11 is 6.03. The molecular weight excluding hydrogens is 365 g/mol. The summed E-state index contributed by atoms with van der Waals surface area (Å²) in [5, 5.41) is 5.93. The minimum atomic E-state index is -4.52. The molecule has 2 N–H and O–H groups in total. The van der Waals surface area contributed by atoms with E-state index in [0.717, 1.165) is 31.0 Å². The van der Waals surface area contributed by atoms with Crippen LogP contribution in [0.1, 0.15) is 50.3 Å². The van der Waals surface area contributed by atoms with Crippen molar-refractivity contribution in [2.45, 2.75) is 51.2 Å². The summed E-state index contributed by atoms with van der Waals surface area (Å²) in [6, 6.07) is 5.55. The summed E-state index contributed by atoms with van der Waals surface area (Å²) in [5.41, 5.74) is -0.196. The lowest BCUT2D eigenvalue weighted by molar-refractivity contribution is -0.136. The Bertz CT molecular complexity index is 790. The first-order chi connectivity index (χ1) is 12.3. The first-order valence-electron chi connectivity index (χ1n) is 8.56. The van der Waals surface area contributed by atoms with Gasteiger partial charge in [-0.2, -0.15) is 18.2 Å². The third kappa shape index (κ3) is 4.38. The van der Waals surface area contributed by atoms with Gasteiger partial charge in [0.05, 0.1) is 22.0 Å². The molecule has 0 amide bonds. The van der Waals surface area contributed by atoms with E-state index in [9.17, 15) is 13.2 Å². The monoisotopic (exact) mass is 384 g/mol. The largest absolute Gasteiger partial charge is 0.418 e. The molecular formula is C18H20ClF3N4. The van der Waals surface area contributed by atoms with Gasteiger partial charge in [0.15, 0.2) is 0 Å². The number of alkyl halides is 3. The van der Waals surface area contributed by atoms with Crippen LogP contribution in [-0.2, 0) is 6.18 Å². The Morgan fingerprint density at radius 3 is 2.62 bits per heavy atom. The highest BCUT2D eigenvalue weighted by molar-refractivity contribution is 6.33. The molecule has 1 aliphatic carbocycles. The number of hydrogen-bond acceptors (Lipinski definition) is 4. The van der Waals surface area contributed by atoms with Crippen LogP contribution in [0.25, 0.3) is 0 Å². The van der Waals surface area contributed by atoms with Gasteiger partial charge in [-0.05, 0) is 38.3 Å². The highest BCUT2D eigenvalue weighted by Gasteiger charge is 2.34. The summed E-state index contributed by atoms with van der Waals surface area (Å²) in [4.78, 5) is 8.83. The van der Waals surface area contributed by atoms with Gasteiger partial charge in [-0.15, -0.1) is 0 Å². The van der Waals surface area contributed by atoms with Crippen molar-refractivity contribution >= 4 is 29.1 Å². The molecule has 0 unspecified atom stereocenters. The zero-order valence-corrected chi connectivity index (χ0v) is 15.2. The molecule has 3 rings (SSSR count). The van der Waals surface area contributed by atoms with Crippen LogP contribution in [0, 0.1) is 0 Å². The van der Waals surface area contributed by atoms with E-state index < -0.39 is 11.7 Å². The number of aromatic nitrogens is 2. The first kappa shape index (κ1) is 18.8. The molecule has 8 heteroatoms. The molecule has 4 nitrogen and oxygen atoms in total. The fourth-order valence-electron chi connectivity index (χ4n) is 2.52. The number of nitrogens with zero attached hydrogens (tertiary/aromatic N) is 2. The van der Waals surface area contributed by atoms with Gasteiger partial charge in [-0.3, -0.25) is 0 Å². The number of halogens is 4. The van der Waals surface area contributed by atoms with Crippen molar-refractivity contribution < 1.29 is 13.2 Å². The average Bonchev–Trinajstić information content (AvgIpc) is 3.40. The quantitative estimate of drug-likeness (QED) is 0.643. The minimum absolute atomic E-state index is 0.0113. The lowest BCUT2D eigenvalue weighted by Gasteiger charge is -2.17. The number of nitrogens with one attached hydrogen (secondary N) is 2. The van der Waals surface area contributed by atoms with Gasteiger partial charge in [-0.1, -0.05) is 24.6 Å². The summed E-state index contributed by atoms with van der Waals surface area (Å²) < 4.78 is 39.9. The Hall–Kier alpha value is -2.02. The van der Waals surface area contributed by atoms with Crippen LogP contribution in [0.4, 0.5) is 30.6 Å². The van der Waals surface area contributed by atoms with Gasteiger partial charge in [0.25, 0.3) is 0 Å². The van der Waals surface area contributed by atoms with E-state index >= 15 is 0 Å². The molecule has 1 aromatic heterocycles. The van der Waals surface area contributed by atoms with Crippen LogP contribution >= 0.6 is 11.6 Å². The third-order valence-corrected chi connectivity index (χ3v) is 4.62. The van der Waals surface area contributed by atoms with E-state index in [4.69, 9.17) is 11.6 Å². The summed E-state index contributed by atoms with van der Waals surface area (Å²) in [6.07, 6.45) is -1.59. The highest BCUT2D eigenvalue weighted by atomic mass is 35.5. The SMILES string of the molecule is CC[C@H](C)Nc1nc(Nc2c(Cl)cccc2C(F)(F)F)cc(C2CC2)n1. The average molecular weight is 385 g/mol. The Balaban J connectivity index is 1.97. The molecule has 1 heterocycles. The third-order valence-electron chi connectivity index (χ3n) is 4.30. The smallest absolute Gasteiger partial charge is 0.352 e. The Morgan fingerprint density at radius 1 is 1.27 bits per heavy atom. The van der Waals surface area contributed by atoms with Gasteiger partial charge in [0.1, 0.15) is 5.82 Å². The number of para-hydroxylation sites is 1. The van der Waals surface area contributed by atoms with E-state index in [1.807, 2.05) is 13.8 Å². The summed E-state index contributed by atoms with van der Waals surface area (Å²) in [6.45, 7) is 4.02. The number of benzene rings is 1. The second-order valence-corrected chi connectivity index (χ2v) is 6.92. The maximum Gasteiger partial charge on any atom is 0.418 e. The topological polar surface area (TPSA) is 49.8 Å². The predicted octanol–water partition coefficient (Wildman–Crippen LogP) is 5.98. The predicted molar refractivity (Wildman–Crippen MR) is 97.1 cm³/mol. The molecule has 1 aromatic carbocycles. The number of anilines is 3. The standard InChI is InChI=1S/C18H20ClF3N4/c1-3-10(2)23-17-24-14(11-7-8-11)9-15(26-17)25-16-12(18(20,21)22)5-4-6-13(16)19/h4-6,9-11H,3,7-8H2,1-2H3,(H2,23,24,25,26)/t10-/m0/s1. The van der Waals surface area contributed by atoms with Crippen molar-refractivity contribution in [3.8, 4) is 0 Å². The molecule has 1 saturated carbocycles. The van der Waals surface area contributed by atoms with E-state index in [1.54, 1.807) is 6.07 Å². The minimum Gasteiger partial charge on any atom is -0.352 e. The van der Waals surface area contributed by atoms with Crippen molar-refractivity contribution in [2.24, 2.45) is 0 Å². The Morgan fingerprint density at radius 2 is 2.00 bits per heavy atom. The first-order valence-corrected chi connectivity index (χ1v) is 8.94. The van der Waals surface area contributed by atoms with Gasteiger partial charge < -0.3 is 10.6 Å². The highest BCUT2D eigenvalue weighted by Crippen LogP contribution is 2.42. The van der Waals surface area contributed by atoms with E-state index in [-0.39, 0.29) is 16.8 Å². The normalized spacial score (nSPS) is 15.6. The van der Waals surface area contributed by atoms with Gasteiger partial charge in [0, 0.05) is 18.0 Å². The van der Waals surface area contributed by atoms with Crippen molar-refractivity contribution in [1.82, 2.24) is 9.97 Å². The van der Waals surface area contributed by atoms with Crippen LogP contribution in [-0.4, -0.2) is 16.0 Å². The lowest BCUT2D eigenvalue weighted by atomic mass is 10.1. The van der Waals surface area contributed by atoms with Gasteiger partial charge >= 0.3 is 6.18 Å². The van der Waals surface area contributed by atoms with E-state index in [1.165, 1.54) is 12.1 Å². The van der Waals surface area contributed by atoms with Crippen LogP contribution in [0.5, 0.6) is 0 Å². The fourth-order valence-corrected chi connectivity index (χ4v) is 2.74. The summed E-state index contributed by atoms with van der Waals surface area (Å²) in [5.74, 6) is 1.04. The molecule has 1 aliphatic rings. The van der Waals surface area contributed by atoms with Gasteiger partial charge in [-0.25, -0.2) is 4.98 Å². The van der Waals surface area contributed by atoms with Crippen LogP contribution in [0.2, 0.25) is 5.02 Å². The number of hydrogen-bond donors (Lipinski definition) is 2. The van der Waals surface area contributed by atoms with Crippen molar-refractivity contribution in [1.29, 1.82) is 0 Å². The number of rotatable bonds is 6. The zero-order valence-electron chi connectivity index (χ0n) is 14.5. The maximum absolute atomic E-state index is 13.3.